The minimum atomic E-state index is -3.40. The normalized spacial score (nSPS) is 12.3. The molecule has 0 aliphatic heterocycles. The van der Waals surface area contributed by atoms with E-state index in [1.165, 1.54) is 10.9 Å². The molecule has 1 rings (SSSR count). The average molecular weight is 231 g/mol. The molecular formula is C9H17N3O2S. The molecule has 0 atom stereocenters. The maximum atomic E-state index is 11.8. The van der Waals surface area contributed by atoms with Gasteiger partial charge in [-0.1, -0.05) is 13.8 Å². The first-order valence-electron chi connectivity index (χ1n) is 4.83. The predicted octanol–water partition coefficient (Wildman–Crippen LogP) is 0.663. The van der Waals surface area contributed by atoms with Crippen LogP contribution < -0.4 is 4.72 Å². The molecule has 0 unspecified atom stereocenters. The first-order valence-corrected chi connectivity index (χ1v) is 6.31. The standard InChI is InChI=1S/C9H17N3O2S/c1-7(2)5-10-15(13,14)9-6-12(4)11-8(9)3/h6-7,10H,5H2,1-4H3. The van der Waals surface area contributed by atoms with E-state index < -0.39 is 10.0 Å². The molecular weight excluding hydrogens is 214 g/mol. The van der Waals surface area contributed by atoms with Crippen molar-refractivity contribution in [1.29, 1.82) is 0 Å². The van der Waals surface area contributed by atoms with E-state index in [1.54, 1.807) is 14.0 Å². The molecule has 6 heteroatoms. The van der Waals surface area contributed by atoms with Crippen molar-refractivity contribution in [3.05, 3.63) is 11.9 Å². The van der Waals surface area contributed by atoms with Gasteiger partial charge < -0.3 is 0 Å². The molecule has 0 fully saturated rings. The zero-order valence-electron chi connectivity index (χ0n) is 9.48. The summed E-state index contributed by atoms with van der Waals surface area (Å²) in [4.78, 5) is 0.255. The molecule has 0 amide bonds. The predicted molar refractivity (Wildman–Crippen MR) is 58.0 cm³/mol. The van der Waals surface area contributed by atoms with Gasteiger partial charge in [0.15, 0.2) is 0 Å². The van der Waals surface area contributed by atoms with Crippen LogP contribution in [-0.2, 0) is 17.1 Å². The molecule has 0 radical (unpaired) electrons. The molecule has 0 aromatic carbocycles. The first-order chi connectivity index (χ1) is 6.83. The van der Waals surface area contributed by atoms with E-state index in [4.69, 9.17) is 0 Å². The zero-order valence-corrected chi connectivity index (χ0v) is 10.3. The third kappa shape index (κ3) is 3.04. The highest BCUT2D eigenvalue weighted by Crippen LogP contribution is 2.12. The molecule has 0 bridgehead atoms. The summed E-state index contributed by atoms with van der Waals surface area (Å²) in [6.45, 7) is 6.04. The molecule has 0 aliphatic carbocycles. The molecule has 1 aromatic rings. The van der Waals surface area contributed by atoms with Gasteiger partial charge in [-0.25, -0.2) is 13.1 Å². The van der Waals surface area contributed by atoms with Crippen molar-refractivity contribution < 1.29 is 8.42 Å². The SMILES string of the molecule is Cc1nn(C)cc1S(=O)(=O)NCC(C)C. The minimum Gasteiger partial charge on any atom is -0.274 e. The molecule has 1 heterocycles. The van der Waals surface area contributed by atoms with E-state index in [0.29, 0.717) is 12.2 Å². The summed E-state index contributed by atoms with van der Waals surface area (Å²) in [6, 6.07) is 0. The van der Waals surface area contributed by atoms with Crippen LogP contribution in [0.4, 0.5) is 0 Å². The highest BCUT2D eigenvalue weighted by atomic mass is 32.2. The highest BCUT2D eigenvalue weighted by Gasteiger charge is 2.19. The van der Waals surface area contributed by atoms with E-state index in [2.05, 4.69) is 9.82 Å². The van der Waals surface area contributed by atoms with Crippen LogP contribution in [0.5, 0.6) is 0 Å². The number of nitrogens with one attached hydrogen (secondary N) is 1. The van der Waals surface area contributed by atoms with Crippen LogP contribution in [0.3, 0.4) is 0 Å². The second-order valence-corrected chi connectivity index (χ2v) is 5.73. The lowest BCUT2D eigenvalue weighted by molar-refractivity contribution is 0.559. The molecule has 86 valence electrons. The summed E-state index contributed by atoms with van der Waals surface area (Å²) in [7, 11) is -1.70. The number of aryl methyl sites for hydroxylation is 2. The number of nitrogens with zero attached hydrogens (tertiary/aromatic N) is 2. The fourth-order valence-corrected chi connectivity index (χ4v) is 2.63. The van der Waals surface area contributed by atoms with Gasteiger partial charge in [-0.2, -0.15) is 5.10 Å². The quantitative estimate of drug-likeness (QED) is 0.828. The minimum absolute atomic E-state index is 0.255. The van der Waals surface area contributed by atoms with Crippen molar-refractivity contribution in [2.24, 2.45) is 13.0 Å². The lowest BCUT2D eigenvalue weighted by atomic mass is 10.2. The lowest BCUT2D eigenvalue weighted by Crippen LogP contribution is -2.27. The van der Waals surface area contributed by atoms with Gasteiger partial charge in [0.25, 0.3) is 0 Å². The fraction of sp³-hybridized carbons (Fsp3) is 0.667. The molecule has 15 heavy (non-hydrogen) atoms. The summed E-state index contributed by atoms with van der Waals surface area (Å²) in [5.41, 5.74) is 0.522. The Morgan fingerprint density at radius 2 is 2.13 bits per heavy atom. The van der Waals surface area contributed by atoms with Gasteiger partial charge >= 0.3 is 0 Å². The van der Waals surface area contributed by atoms with Gasteiger partial charge in [-0.05, 0) is 12.8 Å². The molecule has 0 saturated heterocycles. The molecule has 1 N–H and O–H groups in total. The van der Waals surface area contributed by atoms with Gasteiger partial charge in [0.2, 0.25) is 10.0 Å². The van der Waals surface area contributed by atoms with Crippen molar-refractivity contribution in [3.63, 3.8) is 0 Å². The van der Waals surface area contributed by atoms with Crippen LogP contribution >= 0.6 is 0 Å². The van der Waals surface area contributed by atoms with E-state index in [1.807, 2.05) is 13.8 Å². The van der Waals surface area contributed by atoms with E-state index >= 15 is 0 Å². The first kappa shape index (κ1) is 12.2. The third-order valence-electron chi connectivity index (χ3n) is 1.94. The van der Waals surface area contributed by atoms with Crippen LogP contribution in [0.15, 0.2) is 11.1 Å². The van der Waals surface area contributed by atoms with Crippen LogP contribution in [-0.4, -0.2) is 24.7 Å². The van der Waals surface area contributed by atoms with Crippen LogP contribution in [0.25, 0.3) is 0 Å². The van der Waals surface area contributed by atoms with Crippen molar-refractivity contribution >= 4 is 10.0 Å². The average Bonchev–Trinajstić information content (AvgIpc) is 2.43. The van der Waals surface area contributed by atoms with Crippen molar-refractivity contribution in [2.45, 2.75) is 25.7 Å². The third-order valence-corrected chi connectivity index (χ3v) is 3.47. The van der Waals surface area contributed by atoms with Gasteiger partial charge in [-0.15, -0.1) is 0 Å². The topological polar surface area (TPSA) is 64.0 Å². The smallest absolute Gasteiger partial charge is 0.243 e. The number of sulfonamides is 1. The maximum absolute atomic E-state index is 11.8. The summed E-state index contributed by atoms with van der Waals surface area (Å²) in [6.07, 6.45) is 1.51. The Kier molecular flexibility index (Phi) is 3.51. The van der Waals surface area contributed by atoms with Gasteiger partial charge in [0, 0.05) is 19.8 Å². The summed E-state index contributed by atoms with van der Waals surface area (Å²) < 4.78 is 27.7. The maximum Gasteiger partial charge on any atom is 0.243 e. The van der Waals surface area contributed by atoms with Gasteiger partial charge in [0.1, 0.15) is 4.90 Å². The van der Waals surface area contributed by atoms with Crippen molar-refractivity contribution in [3.8, 4) is 0 Å². The molecule has 0 aliphatic rings. The summed E-state index contributed by atoms with van der Waals surface area (Å²) in [5, 5.41) is 4.00. The Balaban J connectivity index is 2.91. The second kappa shape index (κ2) is 4.32. The van der Waals surface area contributed by atoms with Crippen LogP contribution in [0.1, 0.15) is 19.5 Å². The summed E-state index contributed by atoms with van der Waals surface area (Å²) in [5.74, 6) is 0.289. The van der Waals surface area contributed by atoms with Crippen molar-refractivity contribution in [2.75, 3.05) is 6.54 Å². The van der Waals surface area contributed by atoms with Gasteiger partial charge in [-0.3, -0.25) is 4.68 Å². The molecule has 0 spiro atoms. The largest absolute Gasteiger partial charge is 0.274 e. The fourth-order valence-electron chi connectivity index (χ4n) is 1.20. The number of rotatable bonds is 4. The van der Waals surface area contributed by atoms with E-state index in [-0.39, 0.29) is 10.8 Å². The number of hydrogen-bond donors (Lipinski definition) is 1. The Morgan fingerprint density at radius 3 is 2.53 bits per heavy atom. The van der Waals surface area contributed by atoms with Crippen LogP contribution in [0.2, 0.25) is 0 Å². The van der Waals surface area contributed by atoms with Crippen molar-refractivity contribution in [1.82, 2.24) is 14.5 Å². The Morgan fingerprint density at radius 1 is 1.53 bits per heavy atom. The highest BCUT2D eigenvalue weighted by molar-refractivity contribution is 7.89. The summed E-state index contributed by atoms with van der Waals surface area (Å²) >= 11 is 0. The molecule has 5 nitrogen and oxygen atoms in total. The van der Waals surface area contributed by atoms with E-state index in [0.717, 1.165) is 0 Å². The van der Waals surface area contributed by atoms with E-state index in [9.17, 15) is 8.42 Å². The van der Waals surface area contributed by atoms with Crippen LogP contribution in [0, 0.1) is 12.8 Å². The zero-order chi connectivity index (χ0) is 11.6. The monoisotopic (exact) mass is 231 g/mol. The molecule has 1 aromatic heterocycles. The Bertz CT molecular complexity index is 434. The molecule has 0 saturated carbocycles. The number of hydrogen-bond acceptors (Lipinski definition) is 3. The number of aromatic nitrogens is 2. The Hall–Kier alpha value is -0.880. The Labute approximate surface area is 90.5 Å². The lowest BCUT2D eigenvalue weighted by Gasteiger charge is -2.07. The second-order valence-electron chi connectivity index (χ2n) is 4.00. The van der Waals surface area contributed by atoms with Gasteiger partial charge in [0.05, 0.1) is 5.69 Å².